The van der Waals surface area contributed by atoms with Crippen LogP contribution in [0.4, 0.5) is 4.39 Å². The molecule has 0 saturated carbocycles. The molecule has 3 heterocycles. The zero-order valence-electron chi connectivity index (χ0n) is 9.96. The Morgan fingerprint density at radius 3 is 2.72 bits per heavy atom. The van der Waals surface area contributed by atoms with Crippen molar-refractivity contribution in [2.45, 2.75) is 12.5 Å². The number of hydrogen-bond acceptors (Lipinski definition) is 3. The number of rotatable bonds is 3. The summed E-state index contributed by atoms with van der Waals surface area (Å²) in [7, 11) is 0. The topological polar surface area (TPSA) is 29.0 Å². The van der Waals surface area contributed by atoms with E-state index in [-0.39, 0.29) is 5.82 Å². The zero-order valence-corrected chi connectivity index (χ0v) is 9.96. The minimum Gasteiger partial charge on any atom is -0.298 e. The van der Waals surface area contributed by atoms with Gasteiger partial charge in [0, 0.05) is 49.7 Å². The Morgan fingerprint density at radius 1 is 1.17 bits per heavy atom. The fourth-order valence-electron chi connectivity index (χ4n) is 2.30. The normalized spacial score (nSPS) is 16.5. The van der Waals surface area contributed by atoms with Gasteiger partial charge in [-0.3, -0.25) is 14.9 Å². The van der Waals surface area contributed by atoms with Gasteiger partial charge in [-0.1, -0.05) is 6.07 Å². The van der Waals surface area contributed by atoms with Gasteiger partial charge >= 0.3 is 0 Å². The Balaban J connectivity index is 1.59. The van der Waals surface area contributed by atoms with Crippen LogP contribution in [0.5, 0.6) is 0 Å². The van der Waals surface area contributed by atoms with Crippen LogP contribution in [0.25, 0.3) is 0 Å². The average Bonchev–Trinajstić information content (AvgIpc) is 2.36. The van der Waals surface area contributed by atoms with Crippen molar-refractivity contribution in [3.05, 3.63) is 59.9 Å². The first kappa shape index (κ1) is 11.3. The lowest BCUT2D eigenvalue weighted by Gasteiger charge is -2.39. The van der Waals surface area contributed by atoms with E-state index in [1.165, 1.54) is 11.8 Å². The van der Waals surface area contributed by atoms with Crippen LogP contribution in [-0.2, 0) is 6.54 Å². The summed E-state index contributed by atoms with van der Waals surface area (Å²) in [5, 5.41) is 0. The van der Waals surface area contributed by atoms with Crippen molar-refractivity contribution in [2.24, 2.45) is 0 Å². The summed E-state index contributed by atoms with van der Waals surface area (Å²) in [6.45, 7) is 2.59. The van der Waals surface area contributed by atoms with Crippen molar-refractivity contribution in [3.8, 4) is 0 Å². The molecule has 3 nitrogen and oxygen atoms in total. The predicted molar refractivity (Wildman–Crippen MR) is 66.5 cm³/mol. The Morgan fingerprint density at radius 2 is 2.00 bits per heavy atom. The molecule has 2 aromatic rings. The van der Waals surface area contributed by atoms with E-state index in [2.05, 4.69) is 20.9 Å². The van der Waals surface area contributed by atoms with Gasteiger partial charge in [0.05, 0.1) is 6.20 Å². The van der Waals surface area contributed by atoms with Crippen molar-refractivity contribution < 1.29 is 4.39 Å². The van der Waals surface area contributed by atoms with E-state index in [0.717, 1.165) is 18.7 Å². The van der Waals surface area contributed by atoms with Gasteiger partial charge in [-0.05, 0) is 17.7 Å². The SMILES string of the molecule is Fc1cnccc1CN1CC(c2cccnc2)C1. The highest BCUT2D eigenvalue weighted by molar-refractivity contribution is 5.20. The average molecular weight is 243 g/mol. The number of hydrogen-bond donors (Lipinski definition) is 0. The molecule has 0 amide bonds. The molecule has 4 heteroatoms. The predicted octanol–water partition coefficient (Wildman–Crippen LogP) is 2.22. The summed E-state index contributed by atoms with van der Waals surface area (Å²) in [4.78, 5) is 10.1. The van der Waals surface area contributed by atoms with Crippen LogP contribution in [0.2, 0.25) is 0 Å². The van der Waals surface area contributed by atoms with Gasteiger partial charge in [0.15, 0.2) is 0 Å². The number of aromatic nitrogens is 2. The molecule has 1 fully saturated rings. The Kier molecular flexibility index (Phi) is 3.02. The molecule has 1 saturated heterocycles. The highest BCUT2D eigenvalue weighted by Gasteiger charge is 2.28. The summed E-state index contributed by atoms with van der Waals surface area (Å²) in [5.74, 6) is 0.311. The van der Waals surface area contributed by atoms with Crippen molar-refractivity contribution in [3.63, 3.8) is 0 Å². The van der Waals surface area contributed by atoms with Gasteiger partial charge in [-0.25, -0.2) is 4.39 Å². The van der Waals surface area contributed by atoms with Crippen LogP contribution in [0, 0.1) is 5.82 Å². The summed E-state index contributed by atoms with van der Waals surface area (Å²) < 4.78 is 13.4. The van der Waals surface area contributed by atoms with Gasteiger partial charge in [0.25, 0.3) is 0 Å². The molecule has 0 atom stereocenters. The molecule has 0 aromatic carbocycles. The van der Waals surface area contributed by atoms with Gasteiger partial charge in [-0.2, -0.15) is 0 Å². The first-order chi connectivity index (χ1) is 8.83. The third-order valence-corrected chi connectivity index (χ3v) is 3.36. The zero-order chi connectivity index (χ0) is 12.4. The summed E-state index contributed by atoms with van der Waals surface area (Å²) in [5.41, 5.74) is 1.98. The molecule has 18 heavy (non-hydrogen) atoms. The maximum atomic E-state index is 13.4. The van der Waals surface area contributed by atoms with E-state index in [1.54, 1.807) is 18.5 Å². The number of pyridine rings is 2. The first-order valence-corrected chi connectivity index (χ1v) is 6.03. The van der Waals surface area contributed by atoms with Crippen molar-refractivity contribution in [2.75, 3.05) is 13.1 Å². The minimum absolute atomic E-state index is 0.220. The molecule has 0 unspecified atom stereocenters. The van der Waals surface area contributed by atoms with E-state index in [1.807, 2.05) is 12.3 Å². The van der Waals surface area contributed by atoms with E-state index in [9.17, 15) is 4.39 Å². The quantitative estimate of drug-likeness (QED) is 0.827. The maximum Gasteiger partial charge on any atom is 0.145 e. The fourth-order valence-corrected chi connectivity index (χ4v) is 2.30. The fraction of sp³-hybridized carbons (Fsp3) is 0.286. The van der Waals surface area contributed by atoms with Crippen LogP contribution < -0.4 is 0 Å². The summed E-state index contributed by atoms with van der Waals surface area (Å²) in [6.07, 6.45) is 6.60. The second-order valence-electron chi connectivity index (χ2n) is 4.64. The molecular formula is C14H14FN3. The molecule has 0 bridgehead atoms. The lowest BCUT2D eigenvalue weighted by molar-refractivity contribution is 0.137. The molecule has 2 aromatic heterocycles. The highest BCUT2D eigenvalue weighted by atomic mass is 19.1. The lowest BCUT2D eigenvalue weighted by Crippen LogP contribution is -2.44. The molecule has 1 aliphatic rings. The second kappa shape index (κ2) is 4.82. The Labute approximate surface area is 105 Å². The molecule has 92 valence electrons. The van der Waals surface area contributed by atoms with Gasteiger partial charge < -0.3 is 0 Å². The second-order valence-corrected chi connectivity index (χ2v) is 4.64. The van der Waals surface area contributed by atoms with Crippen LogP contribution in [0.1, 0.15) is 17.0 Å². The molecule has 0 N–H and O–H groups in total. The molecule has 0 aliphatic carbocycles. The first-order valence-electron chi connectivity index (χ1n) is 6.03. The number of nitrogens with zero attached hydrogens (tertiary/aromatic N) is 3. The molecule has 3 rings (SSSR count). The van der Waals surface area contributed by atoms with Crippen LogP contribution in [-0.4, -0.2) is 28.0 Å². The Bertz CT molecular complexity index is 524. The smallest absolute Gasteiger partial charge is 0.145 e. The third kappa shape index (κ3) is 2.24. The van der Waals surface area contributed by atoms with Gasteiger partial charge in [-0.15, -0.1) is 0 Å². The van der Waals surface area contributed by atoms with Crippen molar-refractivity contribution in [1.82, 2.24) is 14.9 Å². The van der Waals surface area contributed by atoms with Crippen LogP contribution in [0.3, 0.4) is 0 Å². The third-order valence-electron chi connectivity index (χ3n) is 3.36. The number of likely N-dealkylation sites (tertiary alicyclic amines) is 1. The summed E-state index contributed by atoms with van der Waals surface area (Å²) in [6, 6.07) is 5.80. The molecular weight excluding hydrogens is 229 g/mol. The van der Waals surface area contributed by atoms with E-state index in [0.29, 0.717) is 12.5 Å². The molecule has 0 spiro atoms. The molecule has 1 aliphatic heterocycles. The maximum absolute atomic E-state index is 13.4. The van der Waals surface area contributed by atoms with Gasteiger partial charge in [0.1, 0.15) is 5.82 Å². The van der Waals surface area contributed by atoms with Crippen LogP contribution in [0.15, 0.2) is 43.0 Å². The monoisotopic (exact) mass is 243 g/mol. The minimum atomic E-state index is -0.220. The Hall–Kier alpha value is -1.81. The standard InChI is InChI=1S/C14H14FN3/c15-14-7-17-5-3-12(14)8-18-9-13(10-18)11-2-1-4-16-6-11/h1-7,13H,8-10H2. The molecule has 0 radical (unpaired) electrons. The number of halogens is 1. The van der Waals surface area contributed by atoms with Gasteiger partial charge in [0.2, 0.25) is 0 Å². The van der Waals surface area contributed by atoms with E-state index >= 15 is 0 Å². The largest absolute Gasteiger partial charge is 0.298 e. The highest BCUT2D eigenvalue weighted by Crippen LogP contribution is 2.27. The lowest BCUT2D eigenvalue weighted by atomic mass is 9.92. The van der Waals surface area contributed by atoms with Crippen molar-refractivity contribution in [1.29, 1.82) is 0 Å². The van der Waals surface area contributed by atoms with E-state index in [4.69, 9.17) is 0 Å². The van der Waals surface area contributed by atoms with Crippen molar-refractivity contribution >= 4 is 0 Å². The van der Waals surface area contributed by atoms with Crippen LogP contribution >= 0.6 is 0 Å². The summed E-state index contributed by atoms with van der Waals surface area (Å²) >= 11 is 0. The van der Waals surface area contributed by atoms with E-state index < -0.39 is 0 Å².